The highest BCUT2D eigenvalue weighted by Gasteiger charge is 2.37. The van der Waals surface area contributed by atoms with E-state index in [1.807, 2.05) is 6.92 Å². The molecule has 4 nitrogen and oxygen atoms in total. The Kier molecular flexibility index (Phi) is 5.22. The van der Waals surface area contributed by atoms with Gasteiger partial charge in [-0.1, -0.05) is 20.8 Å². The monoisotopic (exact) mass is 269 g/mol. The third-order valence-corrected chi connectivity index (χ3v) is 4.27. The van der Waals surface area contributed by atoms with Crippen molar-refractivity contribution in [3.05, 3.63) is 0 Å². The zero-order valence-electron chi connectivity index (χ0n) is 12.4. The van der Waals surface area contributed by atoms with Gasteiger partial charge in [0.25, 0.3) is 0 Å². The lowest BCUT2D eigenvalue weighted by Crippen LogP contribution is -2.41. The standard InChI is InChI=1S/C15H27NO3/c1-4-16-14-9-18-8-13(14)15(17)19-12-6-10(2)5-11(3)7-12/h10-14,16H,4-9H2,1-3H3. The van der Waals surface area contributed by atoms with E-state index in [-0.39, 0.29) is 24.0 Å². The van der Waals surface area contributed by atoms with E-state index < -0.39 is 0 Å². The minimum absolute atomic E-state index is 0.0743. The molecule has 1 aliphatic heterocycles. The molecule has 2 rings (SSSR count). The highest BCUT2D eigenvalue weighted by atomic mass is 16.5. The normalized spacial score (nSPS) is 39.2. The van der Waals surface area contributed by atoms with E-state index in [9.17, 15) is 4.79 Å². The lowest BCUT2D eigenvalue weighted by Gasteiger charge is -2.32. The first kappa shape index (κ1) is 14.8. The number of likely N-dealkylation sites (N-methyl/N-ethyl adjacent to an activating group) is 1. The summed E-state index contributed by atoms with van der Waals surface area (Å²) >= 11 is 0. The second kappa shape index (κ2) is 6.71. The second-order valence-corrected chi connectivity index (χ2v) is 6.28. The van der Waals surface area contributed by atoms with Gasteiger partial charge in [0.15, 0.2) is 0 Å². The Balaban J connectivity index is 1.86. The van der Waals surface area contributed by atoms with Crippen LogP contribution in [-0.2, 0) is 14.3 Å². The summed E-state index contributed by atoms with van der Waals surface area (Å²) in [6.45, 7) is 8.51. The van der Waals surface area contributed by atoms with E-state index in [4.69, 9.17) is 9.47 Å². The molecule has 19 heavy (non-hydrogen) atoms. The summed E-state index contributed by atoms with van der Waals surface area (Å²) in [5.74, 6) is 1.11. The molecule has 0 aromatic heterocycles. The third-order valence-electron chi connectivity index (χ3n) is 4.27. The summed E-state index contributed by atoms with van der Waals surface area (Å²) in [5, 5.41) is 3.30. The molecule has 0 spiro atoms. The van der Waals surface area contributed by atoms with Gasteiger partial charge in [-0.3, -0.25) is 4.79 Å². The van der Waals surface area contributed by atoms with E-state index in [0.29, 0.717) is 25.0 Å². The van der Waals surface area contributed by atoms with Crippen molar-refractivity contribution in [2.45, 2.75) is 52.2 Å². The summed E-state index contributed by atoms with van der Waals surface area (Å²) < 4.78 is 11.1. The average molecular weight is 269 g/mol. The Morgan fingerprint density at radius 3 is 2.53 bits per heavy atom. The number of nitrogens with one attached hydrogen (secondary N) is 1. The van der Waals surface area contributed by atoms with Crippen LogP contribution < -0.4 is 5.32 Å². The number of rotatable bonds is 4. The first-order valence-corrected chi connectivity index (χ1v) is 7.61. The first-order chi connectivity index (χ1) is 9.10. The predicted octanol–water partition coefficient (Wildman–Crippen LogP) is 1.98. The van der Waals surface area contributed by atoms with Crippen molar-refractivity contribution in [2.24, 2.45) is 17.8 Å². The zero-order valence-corrected chi connectivity index (χ0v) is 12.4. The third kappa shape index (κ3) is 3.93. The average Bonchev–Trinajstić information content (AvgIpc) is 2.76. The number of ether oxygens (including phenoxy) is 2. The van der Waals surface area contributed by atoms with Gasteiger partial charge in [-0.15, -0.1) is 0 Å². The number of carbonyl (C=O) groups is 1. The van der Waals surface area contributed by atoms with Crippen LogP contribution in [0.5, 0.6) is 0 Å². The smallest absolute Gasteiger partial charge is 0.313 e. The quantitative estimate of drug-likeness (QED) is 0.793. The van der Waals surface area contributed by atoms with Crippen LogP contribution in [0, 0.1) is 17.8 Å². The molecule has 2 aliphatic rings. The lowest BCUT2D eigenvalue weighted by atomic mass is 9.82. The predicted molar refractivity (Wildman–Crippen MR) is 73.8 cm³/mol. The minimum Gasteiger partial charge on any atom is -0.462 e. The molecule has 2 fully saturated rings. The molecule has 0 bridgehead atoms. The van der Waals surface area contributed by atoms with Crippen molar-refractivity contribution in [2.75, 3.05) is 19.8 Å². The number of hydrogen-bond donors (Lipinski definition) is 1. The largest absolute Gasteiger partial charge is 0.462 e. The van der Waals surface area contributed by atoms with Crippen LogP contribution in [0.3, 0.4) is 0 Å². The molecule has 4 heteroatoms. The Hall–Kier alpha value is -0.610. The SMILES string of the molecule is CCNC1COCC1C(=O)OC1CC(C)CC(C)C1. The van der Waals surface area contributed by atoms with Crippen LogP contribution in [0.2, 0.25) is 0 Å². The van der Waals surface area contributed by atoms with Gasteiger partial charge in [0, 0.05) is 6.04 Å². The maximum absolute atomic E-state index is 12.3. The van der Waals surface area contributed by atoms with Crippen LogP contribution in [0.25, 0.3) is 0 Å². The molecule has 1 saturated heterocycles. The van der Waals surface area contributed by atoms with Gasteiger partial charge < -0.3 is 14.8 Å². The van der Waals surface area contributed by atoms with Gasteiger partial charge in [0.1, 0.15) is 6.10 Å². The van der Waals surface area contributed by atoms with Crippen molar-refractivity contribution in [1.29, 1.82) is 0 Å². The van der Waals surface area contributed by atoms with E-state index in [1.165, 1.54) is 6.42 Å². The summed E-state index contributed by atoms with van der Waals surface area (Å²) in [6.07, 6.45) is 3.38. The summed E-state index contributed by atoms with van der Waals surface area (Å²) in [7, 11) is 0. The van der Waals surface area contributed by atoms with Gasteiger partial charge >= 0.3 is 5.97 Å². The van der Waals surface area contributed by atoms with E-state index in [0.717, 1.165) is 19.4 Å². The number of hydrogen-bond acceptors (Lipinski definition) is 4. The topological polar surface area (TPSA) is 47.6 Å². The summed E-state index contributed by atoms with van der Waals surface area (Å²) in [4.78, 5) is 12.3. The van der Waals surface area contributed by atoms with E-state index in [1.54, 1.807) is 0 Å². The van der Waals surface area contributed by atoms with Gasteiger partial charge in [-0.05, 0) is 37.6 Å². The van der Waals surface area contributed by atoms with Crippen LogP contribution in [0.1, 0.15) is 40.0 Å². The Labute approximate surface area is 116 Å². The maximum atomic E-state index is 12.3. The van der Waals surface area contributed by atoms with E-state index in [2.05, 4.69) is 19.2 Å². The fraction of sp³-hybridized carbons (Fsp3) is 0.933. The molecule has 1 aliphatic carbocycles. The second-order valence-electron chi connectivity index (χ2n) is 6.28. The molecular weight excluding hydrogens is 242 g/mol. The fourth-order valence-electron chi connectivity index (χ4n) is 3.47. The Bertz CT molecular complexity index is 298. The molecule has 0 aromatic rings. The van der Waals surface area contributed by atoms with Gasteiger partial charge in [-0.2, -0.15) is 0 Å². The van der Waals surface area contributed by atoms with Crippen molar-refractivity contribution in [3.8, 4) is 0 Å². The Morgan fingerprint density at radius 1 is 1.21 bits per heavy atom. The summed E-state index contributed by atoms with van der Waals surface area (Å²) in [5.41, 5.74) is 0. The Morgan fingerprint density at radius 2 is 1.89 bits per heavy atom. The summed E-state index contributed by atoms with van der Waals surface area (Å²) in [6, 6.07) is 0.121. The molecule has 0 amide bonds. The first-order valence-electron chi connectivity index (χ1n) is 7.61. The maximum Gasteiger partial charge on any atom is 0.313 e. The fourth-order valence-corrected chi connectivity index (χ4v) is 3.47. The van der Waals surface area contributed by atoms with Gasteiger partial charge in [0.05, 0.1) is 19.1 Å². The lowest BCUT2D eigenvalue weighted by molar-refractivity contribution is -0.157. The van der Waals surface area contributed by atoms with Crippen molar-refractivity contribution in [3.63, 3.8) is 0 Å². The highest BCUT2D eigenvalue weighted by Crippen LogP contribution is 2.31. The highest BCUT2D eigenvalue weighted by molar-refractivity contribution is 5.74. The molecule has 0 radical (unpaired) electrons. The van der Waals surface area contributed by atoms with E-state index >= 15 is 0 Å². The molecule has 1 N–H and O–H groups in total. The molecular formula is C15H27NO3. The van der Waals surface area contributed by atoms with Crippen LogP contribution >= 0.6 is 0 Å². The molecule has 110 valence electrons. The number of esters is 1. The molecule has 4 atom stereocenters. The minimum atomic E-state index is -0.132. The number of carbonyl (C=O) groups excluding carboxylic acids is 1. The van der Waals surface area contributed by atoms with Gasteiger partial charge in [-0.25, -0.2) is 0 Å². The molecule has 0 aromatic carbocycles. The van der Waals surface area contributed by atoms with Crippen LogP contribution in [-0.4, -0.2) is 37.9 Å². The van der Waals surface area contributed by atoms with Crippen molar-refractivity contribution < 1.29 is 14.3 Å². The van der Waals surface area contributed by atoms with Crippen molar-refractivity contribution in [1.82, 2.24) is 5.32 Å². The zero-order chi connectivity index (χ0) is 13.8. The van der Waals surface area contributed by atoms with Crippen LogP contribution in [0.4, 0.5) is 0 Å². The van der Waals surface area contributed by atoms with Gasteiger partial charge in [0.2, 0.25) is 0 Å². The molecule has 1 saturated carbocycles. The van der Waals surface area contributed by atoms with Crippen LogP contribution in [0.15, 0.2) is 0 Å². The van der Waals surface area contributed by atoms with Crippen molar-refractivity contribution >= 4 is 5.97 Å². The molecule has 1 heterocycles. The molecule has 4 unspecified atom stereocenters.